The summed E-state index contributed by atoms with van der Waals surface area (Å²) in [6.45, 7) is 2.24. The van der Waals surface area contributed by atoms with E-state index in [1.165, 1.54) is 16.8 Å². The summed E-state index contributed by atoms with van der Waals surface area (Å²) in [5.41, 5.74) is 1.43. The van der Waals surface area contributed by atoms with Gasteiger partial charge in [-0.25, -0.2) is 9.55 Å². The summed E-state index contributed by atoms with van der Waals surface area (Å²) in [5, 5.41) is 11.0. The fourth-order valence-corrected chi connectivity index (χ4v) is 2.83. The van der Waals surface area contributed by atoms with Gasteiger partial charge in [0.2, 0.25) is 0 Å². The lowest BCUT2D eigenvalue weighted by molar-refractivity contribution is -0.392. The average molecular weight is 407 g/mol. The van der Waals surface area contributed by atoms with E-state index in [2.05, 4.69) is 4.98 Å². The molecule has 0 bridgehead atoms. The van der Waals surface area contributed by atoms with Gasteiger partial charge in [-0.15, -0.1) is 0 Å². The number of hydrogen-bond acceptors (Lipinski definition) is 6. The standard InChI is InChI=1S/C22H21N3O5/c1-16-23-15-22(25(27)28)24(16)13-14-30-20-10-6-18(7-11-20)21(26)12-5-17-3-8-19(29-2)9-4-17/h3-12,15H,13-14H2,1-2H3/b12-5+. The second kappa shape index (κ2) is 9.51. The number of carbonyl (C=O) groups is 1. The number of imidazole rings is 1. The maximum absolute atomic E-state index is 12.3. The fraction of sp³-hybridized carbons (Fsp3) is 0.182. The summed E-state index contributed by atoms with van der Waals surface area (Å²) >= 11 is 0. The van der Waals surface area contributed by atoms with Gasteiger partial charge in [0.25, 0.3) is 0 Å². The minimum absolute atomic E-state index is 0.0688. The fourth-order valence-electron chi connectivity index (χ4n) is 2.83. The van der Waals surface area contributed by atoms with Crippen LogP contribution in [0, 0.1) is 17.0 Å². The number of aryl methyl sites for hydroxylation is 1. The SMILES string of the molecule is COc1ccc(/C=C/C(=O)c2ccc(OCCn3c([N+](=O)[O-])cnc3C)cc2)cc1. The summed E-state index contributed by atoms with van der Waals surface area (Å²) in [6.07, 6.45) is 4.49. The zero-order chi connectivity index (χ0) is 21.5. The van der Waals surface area contributed by atoms with Gasteiger partial charge in [0.05, 0.1) is 7.11 Å². The molecule has 154 valence electrons. The lowest BCUT2D eigenvalue weighted by Crippen LogP contribution is -2.11. The predicted octanol–water partition coefficient (Wildman–Crippen LogP) is 4.08. The first-order chi connectivity index (χ1) is 14.5. The molecule has 0 aliphatic carbocycles. The van der Waals surface area contributed by atoms with Crippen LogP contribution < -0.4 is 9.47 Å². The third kappa shape index (κ3) is 5.11. The molecule has 0 amide bonds. The molecule has 0 unspecified atom stereocenters. The molecule has 1 heterocycles. The number of rotatable bonds is 9. The van der Waals surface area contributed by atoms with Crippen LogP contribution in [0.2, 0.25) is 0 Å². The highest BCUT2D eigenvalue weighted by molar-refractivity contribution is 6.06. The third-order valence-corrected chi connectivity index (χ3v) is 4.49. The van der Waals surface area contributed by atoms with Crippen molar-refractivity contribution < 1.29 is 19.2 Å². The molecule has 30 heavy (non-hydrogen) atoms. The van der Waals surface area contributed by atoms with Gasteiger partial charge < -0.3 is 19.6 Å². The maximum Gasteiger partial charge on any atom is 0.342 e. The van der Waals surface area contributed by atoms with Crippen LogP contribution in [0.25, 0.3) is 6.08 Å². The maximum atomic E-state index is 12.3. The lowest BCUT2D eigenvalue weighted by atomic mass is 10.1. The van der Waals surface area contributed by atoms with E-state index in [0.29, 0.717) is 23.7 Å². The van der Waals surface area contributed by atoms with Crippen LogP contribution in [0.4, 0.5) is 5.82 Å². The third-order valence-electron chi connectivity index (χ3n) is 4.49. The molecule has 8 nitrogen and oxygen atoms in total. The summed E-state index contributed by atoms with van der Waals surface area (Å²) < 4.78 is 12.2. The Morgan fingerprint density at radius 3 is 2.43 bits per heavy atom. The number of allylic oxidation sites excluding steroid dienone is 1. The number of ether oxygens (including phenoxy) is 2. The van der Waals surface area contributed by atoms with E-state index in [9.17, 15) is 14.9 Å². The van der Waals surface area contributed by atoms with E-state index in [4.69, 9.17) is 9.47 Å². The first-order valence-electron chi connectivity index (χ1n) is 9.24. The number of aromatic nitrogens is 2. The quantitative estimate of drug-likeness (QED) is 0.229. The Morgan fingerprint density at radius 2 is 1.80 bits per heavy atom. The molecule has 0 aliphatic heterocycles. The highest BCUT2D eigenvalue weighted by Crippen LogP contribution is 2.17. The predicted molar refractivity (Wildman–Crippen MR) is 112 cm³/mol. The Hall–Kier alpha value is -3.94. The Morgan fingerprint density at radius 1 is 1.13 bits per heavy atom. The Bertz CT molecular complexity index is 1050. The molecular formula is C22H21N3O5. The van der Waals surface area contributed by atoms with Crippen LogP contribution in [0.3, 0.4) is 0 Å². The number of nitrogens with zero attached hydrogens (tertiary/aromatic N) is 3. The number of hydrogen-bond donors (Lipinski definition) is 0. The summed E-state index contributed by atoms with van der Waals surface area (Å²) in [5.74, 6) is 1.69. The van der Waals surface area contributed by atoms with Gasteiger partial charge in [0.15, 0.2) is 11.6 Å². The molecule has 0 saturated heterocycles. The molecule has 0 aliphatic rings. The van der Waals surface area contributed by atoms with Gasteiger partial charge in [-0.05, 0) is 53.0 Å². The van der Waals surface area contributed by atoms with Crippen molar-refractivity contribution in [2.75, 3.05) is 13.7 Å². The van der Waals surface area contributed by atoms with Gasteiger partial charge >= 0.3 is 5.82 Å². The van der Waals surface area contributed by atoms with Gasteiger partial charge in [-0.2, -0.15) is 0 Å². The van der Waals surface area contributed by atoms with Crippen LogP contribution in [0.5, 0.6) is 11.5 Å². The zero-order valence-corrected chi connectivity index (χ0v) is 16.6. The van der Waals surface area contributed by atoms with E-state index in [-0.39, 0.29) is 18.2 Å². The van der Waals surface area contributed by atoms with E-state index in [0.717, 1.165) is 11.3 Å². The largest absolute Gasteiger partial charge is 0.497 e. The number of nitro groups is 1. The molecule has 3 rings (SSSR count). The molecule has 0 N–H and O–H groups in total. The first-order valence-corrected chi connectivity index (χ1v) is 9.24. The zero-order valence-electron chi connectivity index (χ0n) is 16.6. The van der Waals surface area contributed by atoms with Crippen molar-refractivity contribution in [3.8, 4) is 11.5 Å². The molecule has 0 spiro atoms. The van der Waals surface area contributed by atoms with Gasteiger partial charge in [-0.3, -0.25) is 4.79 Å². The molecule has 8 heteroatoms. The number of carbonyl (C=O) groups excluding carboxylic acids is 1. The van der Waals surface area contributed by atoms with Gasteiger partial charge in [-0.1, -0.05) is 18.2 Å². The molecule has 0 atom stereocenters. The Balaban J connectivity index is 1.55. The summed E-state index contributed by atoms with van der Waals surface area (Å²) in [4.78, 5) is 26.8. The summed E-state index contributed by atoms with van der Waals surface area (Å²) in [7, 11) is 1.60. The van der Waals surface area contributed by atoms with Crippen LogP contribution in [-0.4, -0.2) is 34.0 Å². The van der Waals surface area contributed by atoms with Gasteiger partial charge in [0.1, 0.15) is 30.8 Å². The van der Waals surface area contributed by atoms with Crippen molar-refractivity contribution in [1.29, 1.82) is 0 Å². The number of ketones is 1. The molecule has 0 fully saturated rings. The van der Waals surface area contributed by atoms with E-state index in [1.54, 1.807) is 44.4 Å². The Kier molecular flexibility index (Phi) is 6.59. The van der Waals surface area contributed by atoms with Crippen LogP contribution in [0.15, 0.2) is 60.8 Å². The second-order valence-corrected chi connectivity index (χ2v) is 6.42. The van der Waals surface area contributed by atoms with Crippen molar-refractivity contribution in [2.24, 2.45) is 0 Å². The number of methoxy groups -OCH3 is 1. The minimum atomic E-state index is -0.472. The highest BCUT2D eigenvalue weighted by atomic mass is 16.6. The topological polar surface area (TPSA) is 96.5 Å². The molecule has 0 radical (unpaired) electrons. The molecule has 1 aromatic heterocycles. The van der Waals surface area contributed by atoms with Crippen molar-refractivity contribution in [3.05, 3.63) is 87.9 Å². The van der Waals surface area contributed by atoms with Crippen LogP contribution >= 0.6 is 0 Å². The van der Waals surface area contributed by atoms with Crippen molar-refractivity contribution in [2.45, 2.75) is 13.5 Å². The van der Waals surface area contributed by atoms with Crippen LogP contribution in [0.1, 0.15) is 21.7 Å². The van der Waals surface area contributed by atoms with Crippen LogP contribution in [-0.2, 0) is 6.54 Å². The van der Waals surface area contributed by atoms with E-state index in [1.807, 2.05) is 24.3 Å². The molecule has 2 aromatic carbocycles. The Labute approximate surface area is 173 Å². The molecule has 0 saturated carbocycles. The normalized spacial score (nSPS) is 10.9. The minimum Gasteiger partial charge on any atom is -0.497 e. The van der Waals surface area contributed by atoms with E-state index < -0.39 is 4.92 Å². The monoisotopic (exact) mass is 407 g/mol. The molecule has 3 aromatic rings. The van der Waals surface area contributed by atoms with Crippen molar-refractivity contribution >= 4 is 17.7 Å². The lowest BCUT2D eigenvalue weighted by Gasteiger charge is -2.07. The van der Waals surface area contributed by atoms with Crippen molar-refractivity contribution in [1.82, 2.24) is 9.55 Å². The highest BCUT2D eigenvalue weighted by Gasteiger charge is 2.16. The van der Waals surface area contributed by atoms with E-state index >= 15 is 0 Å². The first kappa shape index (κ1) is 20.8. The number of benzene rings is 2. The second-order valence-electron chi connectivity index (χ2n) is 6.42. The molecular weight excluding hydrogens is 386 g/mol. The van der Waals surface area contributed by atoms with Crippen molar-refractivity contribution in [3.63, 3.8) is 0 Å². The average Bonchev–Trinajstić information content (AvgIpc) is 3.13. The summed E-state index contributed by atoms with van der Waals surface area (Å²) in [6, 6.07) is 14.2. The smallest absolute Gasteiger partial charge is 0.342 e. The van der Waals surface area contributed by atoms with Gasteiger partial charge in [0, 0.05) is 12.5 Å².